The fourth-order valence-electron chi connectivity index (χ4n) is 2.31. The average molecular weight is 315 g/mol. The number of carbonyl (C=O) groups excluding carboxylic acids is 2. The molecule has 2 rings (SSSR count). The zero-order chi connectivity index (χ0) is 16.8. The zero-order valence-corrected chi connectivity index (χ0v) is 13.3. The van der Waals surface area contributed by atoms with Gasteiger partial charge in [-0.3, -0.25) is 9.59 Å². The number of hydrogen-bond acceptors (Lipinski definition) is 4. The van der Waals surface area contributed by atoms with Gasteiger partial charge in [-0.1, -0.05) is 25.1 Å². The van der Waals surface area contributed by atoms with Gasteiger partial charge in [0.05, 0.1) is 23.6 Å². The maximum Gasteiger partial charge on any atom is 0.292 e. The number of amides is 1. The first-order valence-corrected chi connectivity index (χ1v) is 7.58. The van der Waals surface area contributed by atoms with E-state index in [4.69, 9.17) is 0 Å². The Morgan fingerprint density at radius 2 is 1.96 bits per heavy atom. The highest BCUT2D eigenvalue weighted by molar-refractivity contribution is 6.42. The lowest BCUT2D eigenvalue weighted by molar-refractivity contribution is -0.117. The summed E-state index contributed by atoms with van der Waals surface area (Å²) >= 11 is 0. The number of ketones is 1. The van der Waals surface area contributed by atoms with Crippen LogP contribution in [0.15, 0.2) is 42.7 Å². The number of para-hydroxylation sites is 1. The topological polar surface area (TPSA) is 84.2 Å². The van der Waals surface area contributed by atoms with Crippen molar-refractivity contribution in [2.45, 2.75) is 26.4 Å². The second-order valence-electron chi connectivity index (χ2n) is 5.74. The number of aliphatic hydroxyl groups excluding tert-OH is 1. The zero-order valence-electron chi connectivity index (χ0n) is 13.3. The molecular formula is C17H21N3O3. The van der Waals surface area contributed by atoms with E-state index in [1.54, 1.807) is 11.6 Å². The predicted octanol–water partition coefficient (Wildman–Crippen LogP) is 1.58. The van der Waals surface area contributed by atoms with Crippen LogP contribution < -0.4 is 5.32 Å². The van der Waals surface area contributed by atoms with Crippen molar-refractivity contribution < 1.29 is 14.7 Å². The minimum absolute atomic E-state index is 0.0961. The fourth-order valence-corrected chi connectivity index (χ4v) is 2.31. The largest absolute Gasteiger partial charge is 0.393 e. The van der Waals surface area contributed by atoms with E-state index in [1.165, 1.54) is 12.4 Å². The standard InChI is InChI=1S/C17H21N3O3/c1-12(8-13(2)21)9-18-17(23)16(22)14-10-19-20(11-14)15-6-4-3-5-7-15/h3-7,10-13,21H,8-9H2,1-2H3,(H,18,23). The summed E-state index contributed by atoms with van der Waals surface area (Å²) in [6.45, 7) is 3.95. The van der Waals surface area contributed by atoms with Crippen molar-refractivity contribution in [3.63, 3.8) is 0 Å². The number of rotatable bonds is 7. The lowest BCUT2D eigenvalue weighted by Gasteiger charge is -2.13. The summed E-state index contributed by atoms with van der Waals surface area (Å²) < 4.78 is 1.55. The van der Waals surface area contributed by atoms with Gasteiger partial charge in [0.15, 0.2) is 0 Å². The molecule has 1 amide bonds. The molecule has 0 radical (unpaired) electrons. The Balaban J connectivity index is 1.95. The highest BCUT2D eigenvalue weighted by Gasteiger charge is 2.19. The molecular weight excluding hydrogens is 294 g/mol. The molecule has 2 aromatic rings. The van der Waals surface area contributed by atoms with Crippen LogP contribution in [0.1, 0.15) is 30.6 Å². The number of aliphatic hydroxyl groups is 1. The molecule has 23 heavy (non-hydrogen) atoms. The first-order chi connectivity index (χ1) is 11.0. The third kappa shape index (κ3) is 4.75. The second kappa shape index (κ2) is 7.69. The first-order valence-electron chi connectivity index (χ1n) is 7.58. The third-order valence-corrected chi connectivity index (χ3v) is 3.43. The van der Waals surface area contributed by atoms with Crippen LogP contribution in [0.2, 0.25) is 0 Å². The van der Waals surface area contributed by atoms with Gasteiger partial charge in [0.2, 0.25) is 0 Å². The fraction of sp³-hybridized carbons (Fsp3) is 0.353. The van der Waals surface area contributed by atoms with Gasteiger partial charge < -0.3 is 10.4 Å². The van der Waals surface area contributed by atoms with Gasteiger partial charge in [-0.15, -0.1) is 0 Å². The summed E-state index contributed by atoms with van der Waals surface area (Å²) in [5, 5.41) is 16.0. The summed E-state index contributed by atoms with van der Waals surface area (Å²) in [7, 11) is 0. The molecule has 2 atom stereocenters. The molecule has 2 unspecified atom stereocenters. The van der Waals surface area contributed by atoms with Crippen LogP contribution in [0.25, 0.3) is 5.69 Å². The van der Waals surface area contributed by atoms with Crippen LogP contribution in [-0.2, 0) is 4.79 Å². The lowest BCUT2D eigenvalue weighted by atomic mass is 10.0. The van der Waals surface area contributed by atoms with Crippen molar-refractivity contribution in [3.05, 3.63) is 48.3 Å². The minimum atomic E-state index is -0.657. The normalized spacial score (nSPS) is 13.3. The Morgan fingerprint density at radius 1 is 1.26 bits per heavy atom. The van der Waals surface area contributed by atoms with Crippen LogP contribution in [0, 0.1) is 5.92 Å². The van der Waals surface area contributed by atoms with E-state index in [-0.39, 0.29) is 11.5 Å². The molecule has 0 fully saturated rings. The molecule has 1 heterocycles. The highest BCUT2D eigenvalue weighted by atomic mass is 16.3. The quantitative estimate of drug-likeness (QED) is 0.600. The Hall–Kier alpha value is -2.47. The number of nitrogens with one attached hydrogen (secondary N) is 1. The SMILES string of the molecule is CC(O)CC(C)CNC(=O)C(=O)c1cnn(-c2ccccc2)c1. The van der Waals surface area contributed by atoms with E-state index in [2.05, 4.69) is 10.4 Å². The highest BCUT2D eigenvalue weighted by Crippen LogP contribution is 2.09. The molecule has 0 bridgehead atoms. The van der Waals surface area contributed by atoms with E-state index >= 15 is 0 Å². The van der Waals surface area contributed by atoms with Gasteiger partial charge in [-0.05, 0) is 31.4 Å². The molecule has 2 N–H and O–H groups in total. The van der Waals surface area contributed by atoms with E-state index < -0.39 is 17.8 Å². The molecule has 0 spiro atoms. The Bertz CT molecular complexity index is 665. The smallest absolute Gasteiger partial charge is 0.292 e. The lowest BCUT2D eigenvalue weighted by Crippen LogP contribution is -2.34. The molecule has 6 heteroatoms. The third-order valence-electron chi connectivity index (χ3n) is 3.43. The molecule has 0 saturated carbocycles. The number of hydrogen-bond donors (Lipinski definition) is 2. The molecule has 1 aromatic heterocycles. The molecule has 0 aliphatic rings. The van der Waals surface area contributed by atoms with Crippen LogP contribution in [0.3, 0.4) is 0 Å². The van der Waals surface area contributed by atoms with Gasteiger partial charge in [-0.25, -0.2) is 4.68 Å². The summed E-state index contributed by atoms with van der Waals surface area (Å²) in [6, 6.07) is 9.35. The van der Waals surface area contributed by atoms with E-state index in [0.717, 1.165) is 5.69 Å². The minimum Gasteiger partial charge on any atom is -0.393 e. The van der Waals surface area contributed by atoms with Crippen molar-refractivity contribution in [1.82, 2.24) is 15.1 Å². The van der Waals surface area contributed by atoms with Crippen LogP contribution in [-0.4, -0.2) is 39.2 Å². The van der Waals surface area contributed by atoms with E-state index in [0.29, 0.717) is 13.0 Å². The number of benzene rings is 1. The number of aromatic nitrogens is 2. The summed E-state index contributed by atoms with van der Waals surface area (Å²) in [4.78, 5) is 24.0. The van der Waals surface area contributed by atoms with Crippen molar-refractivity contribution in [1.29, 1.82) is 0 Å². The van der Waals surface area contributed by atoms with Crippen LogP contribution in [0.5, 0.6) is 0 Å². The van der Waals surface area contributed by atoms with Crippen molar-refractivity contribution in [3.8, 4) is 5.69 Å². The summed E-state index contributed by atoms with van der Waals surface area (Å²) in [5.74, 6) is -1.18. The van der Waals surface area contributed by atoms with Crippen molar-refractivity contribution in [2.24, 2.45) is 5.92 Å². The average Bonchev–Trinajstić information content (AvgIpc) is 3.02. The van der Waals surface area contributed by atoms with Crippen LogP contribution in [0.4, 0.5) is 0 Å². The molecule has 122 valence electrons. The second-order valence-corrected chi connectivity index (χ2v) is 5.74. The summed E-state index contributed by atoms with van der Waals surface area (Å²) in [5.41, 5.74) is 1.06. The van der Waals surface area contributed by atoms with Crippen LogP contribution >= 0.6 is 0 Å². The van der Waals surface area contributed by atoms with Gasteiger partial charge in [-0.2, -0.15) is 5.10 Å². The van der Waals surface area contributed by atoms with E-state index in [9.17, 15) is 14.7 Å². The Morgan fingerprint density at radius 3 is 2.61 bits per heavy atom. The van der Waals surface area contributed by atoms with Crippen molar-refractivity contribution >= 4 is 11.7 Å². The van der Waals surface area contributed by atoms with Crippen molar-refractivity contribution in [2.75, 3.05) is 6.54 Å². The number of Topliss-reactive ketones (excluding diaryl/α,β-unsaturated/α-hetero) is 1. The van der Waals surface area contributed by atoms with E-state index in [1.807, 2.05) is 37.3 Å². The summed E-state index contributed by atoms with van der Waals surface area (Å²) in [6.07, 6.45) is 3.06. The maximum absolute atomic E-state index is 12.1. The predicted molar refractivity (Wildman–Crippen MR) is 86.4 cm³/mol. The Labute approximate surface area is 135 Å². The van der Waals surface area contributed by atoms with Gasteiger partial charge in [0.25, 0.3) is 11.7 Å². The Kier molecular flexibility index (Phi) is 5.65. The molecule has 6 nitrogen and oxygen atoms in total. The molecule has 0 aliphatic carbocycles. The number of carbonyl (C=O) groups is 2. The molecule has 1 aromatic carbocycles. The van der Waals surface area contributed by atoms with Gasteiger partial charge >= 0.3 is 0 Å². The molecule has 0 aliphatic heterocycles. The number of nitrogens with zero attached hydrogens (tertiary/aromatic N) is 2. The maximum atomic E-state index is 12.1. The molecule has 0 saturated heterocycles. The monoisotopic (exact) mass is 315 g/mol. The van der Waals surface area contributed by atoms with Gasteiger partial charge in [0, 0.05) is 12.7 Å². The first kappa shape index (κ1) is 16.9. The van der Waals surface area contributed by atoms with Gasteiger partial charge in [0.1, 0.15) is 0 Å².